The maximum Gasteiger partial charge on any atom is 0.193 e. The van der Waals surface area contributed by atoms with E-state index in [1.807, 2.05) is 19.2 Å². The van der Waals surface area contributed by atoms with Gasteiger partial charge in [-0.2, -0.15) is 0 Å². The van der Waals surface area contributed by atoms with E-state index in [-0.39, 0.29) is 0 Å². The van der Waals surface area contributed by atoms with Crippen LogP contribution >= 0.6 is 11.6 Å². The third-order valence-electron chi connectivity index (χ3n) is 3.80. The van der Waals surface area contributed by atoms with Gasteiger partial charge in [-0.25, -0.2) is 0 Å². The molecule has 0 spiro atoms. The zero-order valence-corrected chi connectivity index (χ0v) is 13.3. The van der Waals surface area contributed by atoms with Gasteiger partial charge in [-0.15, -0.1) is 0 Å². The second-order valence-corrected chi connectivity index (χ2v) is 5.91. The van der Waals surface area contributed by atoms with E-state index in [0.29, 0.717) is 12.0 Å². The van der Waals surface area contributed by atoms with E-state index in [4.69, 9.17) is 11.6 Å². The number of guanidine groups is 1. The zero-order chi connectivity index (χ0) is 14.5. The Morgan fingerprint density at radius 2 is 2.30 bits per heavy atom. The molecule has 110 valence electrons. The Hall–Kier alpha value is -1.22. The number of aliphatic imine (C=N–C) groups is 1. The molecule has 1 saturated carbocycles. The van der Waals surface area contributed by atoms with Gasteiger partial charge in [0.25, 0.3) is 0 Å². The maximum atomic E-state index is 6.05. The van der Waals surface area contributed by atoms with E-state index < -0.39 is 0 Å². The molecule has 1 aliphatic rings. The largest absolute Gasteiger partial charge is 0.353 e. The lowest BCUT2D eigenvalue weighted by Crippen LogP contribution is -2.40. The zero-order valence-electron chi connectivity index (χ0n) is 12.6. The first-order chi connectivity index (χ1) is 9.65. The standard InChI is InChI=1S/C16H24ClN3/c1-4-5-9-20(3)16(18-2)19-15-11-14(15)12-7-6-8-13(17)10-12/h6-8,10,14-15H,4-5,9,11H2,1-3H3,(H,18,19). The van der Waals surface area contributed by atoms with Crippen LogP contribution in [-0.2, 0) is 0 Å². The molecule has 1 fully saturated rings. The van der Waals surface area contributed by atoms with Gasteiger partial charge in [0.1, 0.15) is 0 Å². The number of nitrogens with one attached hydrogen (secondary N) is 1. The molecule has 20 heavy (non-hydrogen) atoms. The normalized spacial score (nSPS) is 21.7. The summed E-state index contributed by atoms with van der Waals surface area (Å²) in [6.45, 7) is 3.25. The van der Waals surface area contributed by atoms with E-state index in [1.54, 1.807) is 0 Å². The minimum Gasteiger partial charge on any atom is -0.353 e. The van der Waals surface area contributed by atoms with Gasteiger partial charge in [-0.1, -0.05) is 37.1 Å². The molecule has 2 rings (SSSR count). The second kappa shape index (κ2) is 6.98. The molecule has 0 saturated heterocycles. The smallest absolute Gasteiger partial charge is 0.193 e. The van der Waals surface area contributed by atoms with E-state index in [1.165, 1.54) is 18.4 Å². The molecule has 0 radical (unpaired) electrons. The lowest BCUT2D eigenvalue weighted by Gasteiger charge is -2.22. The molecule has 1 aliphatic carbocycles. The van der Waals surface area contributed by atoms with Gasteiger partial charge in [0.15, 0.2) is 5.96 Å². The molecule has 0 aliphatic heterocycles. The van der Waals surface area contributed by atoms with Gasteiger partial charge in [-0.05, 0) is 30.5 Å². The van der Waals surface area contributed by atoms with Crippen LogP contribution in [0.1, 0.15) is 37.7 Å². The Labute approximate surface area is 127 Å². The summed E-state index contributed by atoms with van der Waals surface area (Å²) in [5.41, 5.74) is 1.32. The molecule has 1 N–H and O–H groups in total. The summed E-state index contributed by atoms with van der Waals surface area (Å²) in [7, 11) is 3.95. The highest BCUT2D eigenvalue weighted by Gasteiger charge is 2.39. The van der Waals surface area contributed by atoms with Gasteiger partial charge in [0.2, 0.25) is 0 Å². The van der Waals surface area contributed by atoms with Crippen molar-refractivity contribution in [3.05, 3.63) is 34.9 Å². The first-order valence-electron chi connectivity index (χ1n) is 7.35. The first kappa shape index (κ1) is 15.2. The molecular formula is C16H24ClN3. The predicted octanol–water partition coefficient (Wildman–Crippen LogP) is 3.50. The number of benzene rings is 1. The summed E-state index contributed by atoms with van der Waals surface area (Å²) in [6.07, 6.45) is 3.55. The highest BCUT2D eigenvalue weighted by Crippen LogP contribution is 2.41. The monoisotopic (exact) mass is 293 g/mol. The molecule has 1 aromatic carbocycles. The van der Waals surface area contributed by atoms with Crippen molar-refractivity contribution in [1.29, 1.82) is 0 Å². The number of hydrogen-bond acceptors (Lipinski definition) is 1. The lowest BCUT2D eigenvalue weighted by molar-refractivity contribution is 0.464. The SMILES string of the molecule is CCCCN(C)C(=NC)NC1CC1c1cccc(Cl)c1. The van der Waals surface area contributed by atoms with Crippen LogP contribution in [0.4, 0.5) is 0 Å². The summed E-state index contributed by atoms with van der Waals surface area (Å²) in [5, 5.41) is 4.37. The van der Waals surface area contributed by atoms with Crippen LogP contribution in [0.25, 0.3) is 0 Å². The molecule has 4 heteroatoms. The number of nitrogens with zero attached hydrogens (tertiary/aromatic N) is 2. The number of rotatable bonds is 5. The average Bonchev–Trinajstić information content (AvgIpc) is 3.21. The topological polar surface area (TPSA) is 27.6 Å². The molecular weight excluding hydrogens is 270 g/mol. The molecule has 0 bridgehead atoms. The first-order valence-corrected chi connectivity index (χ1v) is 7.73. The number of unbranched alkanes of at least 4 members (excludes halogenated alkanes) is 1. The van der Waals surface area contributed by atoms with Crippen LogP contribution in [0, 0.1) is 0 Å². The Kier molecular flexibility index (Phi) is 5.30. The van der Waals surface area contributed by atoms with Crippen LogP contribution in [0.15, 0.2) is 29.3 Å². The highest BCUT2D eigenvalue weighted by molar-refractivity contribution is 6.30. The lowest BCUT2D eigenvalue weighted by atomic mass is 10.1. The maximum absolute atomic E-state index is 6.05. The van der Waals surface area contributed by atoms with Crippen LogP contribution in [0.5, 0.6) is 0 Å². The van der Waals surface area contributed by atoms with Crippen molar-refractivity contribution < 1.29 is 0 Å². The fourth-order valence-corrected chi connectivity index (χ4v) is 2.67. The van der Waals surface area contributed by atoms with Crippen LogP contribution in [0.3, 0.4) is 0 Å². The molecule has 0 aromatic heterocycles. The van der Waals surface area contributed by atoms with Gasteiger partial charge in [0.05, 0.1) is 0 Å². The Balaban J connectivity index is 1.89. The second-order valence-electron chi connectivity index (χ2n) is 5.47. The quantitative estimate of drug-likeness (QED) is 0.665. The fourth-order valence-electron chi connectivity index (χ4n) is 2.47. The van der Waals surface area contributed by atoms with Gasteiger partial charge >= 0.3 is 0 Å². The summed E-state index contributed by atoms with van der Waals surface area (Å²) in [5.74, 6) is 1.55. The fraction of sp³-hybridized carbons (Fsp3) is 0.562. The van der Waals surface area contributed by atoms with Crippen molar-refractivity contribution in [3.8, 4) is 0 Å². The van der Waals surface area contributed by atoms with Gasteiger partial charge in [-0.3, -0.25) is 4.99 Å². The number of halogens is 1. The third kappa shape index (κ3) is 3.89. The van der Waals surface area contributed by atoms with Crippen molar-refractivity contribution >= 4 is 17.6 Å². The highest BCUT2D eigenvalue weighted by atomic mass is 35.5. The van der Waals surface area contributed by atoms with Crippen molar-refractivity contribution in [2.75, 3.05) is 20.6 Å². The van der Waals surface area contributed by atoms with Gasteiger partial charge in [0, 0.05) is 37.6 Å². The molecule has 1 aromatic rings. The molecule has 2 unspecified atom stereocenters. The summed E-state index contributed by atoms with van der Waals surface area (Å²) >= 11 is 6.05. The number of hydrogen-bond donors (Lipinski definition) is 1. The van der Waals surface area contributed by atoms with Crippen LogP contribution < -0.4 is 5.32 Å². The predicted molar refractivity (Wildman–Crippen MR) is 86.6 cm³/mol. The average molecular weight is 294 g/mol. The van der Waals surface area contributed by atoms with E-state index in [2.05, 4.69) is 41.3 Å². The van der Waals surface area contributed by atoms with E-state index in [9.17, 15) is 0 Å². The minimum atomic E-state index is 0.483. The van der Waals surface area contributed by atoms with Crippen LogP contribution in [0.2, 0.25) is 5.02 Å². The van der Waals surface area contributed by atoms with Gasteiger partial charge < -0.3 is 10.2 Å². The van der Waals surface area contributed by atoms with E-state index in [0.717, 1.165) is 23.9 Å². The van der Waals surface area contributed by atoms with Crippen LogP contribution in [-0.4, -0.2) is 37.5 Å². The molecule has 0 amide bonds. The van der Waals surface area contributed by atoms with Crippen molar-refractivity contribution in [2.45, 2.75) is 38.1 Å². The summed E-state index contributed by atoms with van der Waals surface area (Å²) in [6, 6.07) is 8.65. The minimum absolute atomic E-state index is 0.483. The van der Waals surface area contributed by atoms with Crippen molar-refractivity contribution in [1.82, 2.24) is 10.2 Å². The molecule has 3 nitrogen and oxygen atoms in total. The summed E-state index contributed by atoms with van der Waals surface area (Å²) < 4.78 is 0. The summed E-state index contributed by atoms with van der Waals surface area (Å²) in [4.78, 5) is 6.58. The molecule has 0 heterocycles. The van der Waals surface area contributed by atoms with E-state index >= 15 is 0 Å². The van der Waals surface area contributed by atoms with Crippen molar-refractivity contribution in [3.63, 3.8) is 0 Å². The Morgan fingerprint density at radius 3 is 2.95 bits per heavy atom. The third-order valence-corrected chi connectivity index (χ3v) is 4.04. The van der Waals surface area contributed by atoms with Crippen molar-refractivity contribution in [2.24, 2.45) is 4.99 Å². The molecule has 2 atom stereocenters. The Bertz CT molecular complexity index is 473. The Morgan fingerprint density at radius 1 is 1.50 bits per heavy atom.